The summed E-state index contributed by atoms with van der Waals surface area (Å²) in [5.41, 5.74) is 0.751. The first kappa shape index (κ1) is 19.6. The van der Waals surface area contributed by atoms with Gasteiger partial charge in [-0.15, -0.1) is 0 Å². The van der Waals surface area contributed by atoms with Gasteiger partial charge in [0, 0.05) is 5.56 Å². The lowest BCUT2D eigenvalue weighted by Gasteiger charge is -2.15. The van der Waals surface area contributed by atoms with Crippen molar-refractivity contribution < 1.29 is 28.6 Å². The summed E-state index contributed by atoms with van der Waals surface area (Å²) in [4.78, 5) is 37.3. The van der Waals surface area contributed by atoms with Gasteiger partial charge >= 0.3 is 5.97 Å². The van der Waals surface area contributed by atoms with Gasteiger partial charge in [-0.1, -0.05) is 25.1 Å². The fourth-order valence-electron chi connectivity index (χ4n) is 2.59. The van der Waals surface area contributed by atoms with E-state index in [1.807, 2.05) is 0 Å². The molecule has 8 heteroatoms. The van der Waals surface area contributed by atoms with E-state index in [0.717, 1.165) is 16.7 Å². The van der Waals surface area contributed by atoms with Gasteiger partial charge in [0.15, 0.2) is 6.10 Å². The molecule has 0 spiro atoms. The fourth-order valence-corrected chi connectivity index (χ4v) is 3.42. The van der Waals surface area contributed by atoms with E-state index in [2.05, 4.69) is 0 Å². The SMILES string of the molecule is CCC(Oc1ccccc1/C=C1/SC(=O)N(c2ccc(F)cc2)C1=O)C(=O)O. The van der Waals surface area contributed by atoms with E-state index < -0.39 is 29.0 Å². The van der Waals surface area contributed by atoms with E-state index in [1.165, 1.54) is 30.3 Å². The lowest BCUT2D eigenvalue weighted by atomic mass is 10.1. The van der Waals surface area contributed by atoms with Crippen LogP contribution in [-0.2, 0) is 9.59 Å². The molecule has 28 heavy (non-hydrogen) atoms. The average molecular weight is 401 g/mol. The van der Waals surface area contributed by atoms with Gasteiger partial charge in [0.2, 0.25) is 0 Å². The molecule has 1 unspecified atom stereocenters. The molecule has 1 saturated heterocycles. The Morgan fingerprint density at radius 2 is 1.89 bits per heavy atom. The number of benzene rings is 2. The topological polar surface area (TPSA) is 83.9 Å². The molecule has 6 nitrogen and oxygen atoms in total. The Morgan fingerprint density at radius 3 is 2.54 bits per heavy atom. The molecule has 2 amide bonds. The Hall–Kier alpha value is -3.13. The Bertz CT molecular complexity index is 957. The maximum Gasteiger partial charge on any atom is 0.344 e. The van der Waals surface area contributed by atoms with Gasteiger partial charge in [0.25, 0.3) is 11.1 Å². The van der Waals surface area contributed by atoms with E-state index in [0.29, 0.717) is 11.3 Å². The highest BCUT2D eigenvalue weighted by Crippen LogP contribution is 2.37. The smallest absolute Gasteiger partial charge is 0.344 e. The molecule has 0 aliphatic carbocycles. The minimum Gasteiger partial charge on any atom is -0.479 e. The van der Waals surface area contributed by atoms with Crippen LogP contribution in [0.15, 0.2) is 53.4 Å². The summed E-state index contributed by atoms with van der Waals surface area (Å²) in [5.74, 6) is -1.80. The van der Waals surface area contributed by atoms with Crippen molar-refractivity contribution >= 4 is 40.6 Å². The van der Waals surface area contributed by atoms with E-state index in [1.54, 1.807) is 31.2 Å². The molecule has 0 radical (unpaired) electrons. The van der Waals surface area contributed by atoms with Crippen LogP contribution in [0.5, 0.6) is 5.75 Å². The molecular weight excluding hydrogens is 385 g/mol. The number of carbonyl (C=O) groups excluding carboxylic acids is 2. The molecule has 1 aliphatic heterocycles. The van der Waals surface area contributed by atoms with Crippen molar-refractivity contribution in [3.05, 3.63) is 64.8 Å². The van der Waals surface area contributed by atoms with Gasteiger partial charge in [-0.05, 0) is 54.6 Å². The Labute approximate surface area is 164 Å². The summed E-state index contributed by atoms with van der Waals surface area (Å²) in [5, 5.41) is 8.69. The molecule has 144 valence electrons. The fraction of sp³-hybridized carbons (Fsp3) is 0.150. The van der Waals surface area contributed by atoms with Crippen LogP contribution < -0.4 is 9.64 Å². The first-order chi connectivity index (χ1) is 13.4. The van der Waals surface area contributed by atoms with Crippen molar-refractivity contribution in [2.45, 2.75) is 19.4 Å². The lowest BCUT2D eigenvalue weighted by Crippen LogP contribution is -2.27. The summed E-state index contributed by atoms with van der Waals surface area (Å²) in [6.45, 7) is 1.69. The summed E-state index contributed by atoms with van der Waals surface area (Å²) >= 11 is 0.748. The van der Waals surface area contributed by atoms with E-state index >= 15 is 0 Å². The number of aliphatic carboxylic acids is 1. The van der Waals surface area contributed by atoms with Crippen molar-refractivity contribution in [3.8, 4) is 5.75 Å². The highest BCUT2D eigenvalue weighted by molar-refractivity contribution is 8.19. The average Bonchev–Trinajstić information content (AvgIpc) is 2.95. The van der Waals surface area contributed by atoms with Crippen LogP contribution in [0.3, 0.4) is 0 Å². The molecule has 2 aromatic rings. The summed E-state index contributed by atoms with van der Waals surface area (Å²) in [7, 11) is 0. The standard InChI is InChI=1S/C20H16FNO5S/c1-2-15(19(24)25)27-16-6-4-3-5-12(16)11-17-18(23)22(20(26)28-17)14-9-7-13(21)8-10-14/h3-11,15H,2H2,1H3,(H,24,25)/b17-11+. The van der Waals surface area contributed by atoms with Crippen LogP contribution in [-0.4, -0.2) is 28.3 Å². The number of imide groups is 1. The second-order valence-electron chi connectivity index (χ2n) is 5.88. The third-order valence-corrected chi connectivity index (χ3v) is 4.87. The molecule has 0 bridgehead atoms. The monoisotopic (exact) mass is 401 g/mol. The van der Waals surface area contributed by atoms with E-state index in [4.69, 9.17) is 4.74 Å². The van der Waals surface area contributed by atoms with E-state index in [9.17, 15) is 23.9 Å². The van der Waals surface area contributed by atoms with Crippen molar-refractivity contribution in [2.24, 2.45) is 0 Å². The van der Waals surface area contributed by atoms with Crippen LogP contribution >= 0.6 is 11.8 Å². The van der Waals surface area contributed by atoms with Gasteiger partial charge in [0.1, 0.15) is 11.6 Å². The van der Waals surface area contributed by atoms with Crippen molar-refractivity contribution in [2.75, 3.05) is 4.90 Å². The van der Waals surface area contributed by atoms with Gasteiger partial charge in [-0.2, -0.15) is 0 Å². The predicted molar refractivity (Wildman–Crippen MR) is 104 cm³/mol. The second kappa shape index (κ2) is 8.26. The molecule has 1 atom stereocenters. The summed E-state index contributed by atoms with van der Waals surface area (Å²) in [6.07, 6.45) is 0.729. The minimum atomic E-state index is -1.09. The molecule has 1 N–H and O–H groups in total. The number of ether oxygens (including phenoxy) is 1. The zero-order valence-electron chi connectivity index (χ0n) is 14.8. The maximum absolute atomic E-state index is 13.1. The van der Waals surface area contributed by atoms with Crippen molar-refractivity contribution in [1.29, 1.82) is 0 Å². The number of hydrogen-bond acceptors (Lipinski definition) is 5. The lowest BCUT2D eigenvalue weighted by molar-refractivity contribution is -0.145. The number of thioether (sulfide) groups is 1. The third-order valence-electron chi connectivity index (χ3n) is 4.00. The molecule has 0 saturated carbocycles. The van der Waals surface area contributed by atoms with Gasteiger partial charge in [-0.3, -0.25) is 9.59 Å². The highest BCUT2D eigenvalue weighted by Gasteiger charge is 2.36. The molecule has 1 aliphatic rings. The van der Waals surface area contributed by atoms with Crippen LogP contribution in [0.1, 0.15) is 18.9 Å². The number of carboxylic acids is 1. The van der Waals surface area contributed by atoms with Crippen molar-refractivity contribution in [1.82, 2.24) is 0 Å². The number of halogens is 1. The molecule has 2 aromatic carbocycles. The van der Waals surface area contributed by atoms with Gasteiger partial charge in [-0.25, -0.2) is 14.1 Å². The first-order valence-electron chi connectivity index (χ1n) is 8.42. The van der Waals surface area contributed by atoms with Crippen LogP contribution in [0.4, 0.5) is 14.9 Å². The zero-order valence-corrected chi connectivity index (χ0v) is 15.6. The quantitative estimate of drug-likeness (QED) is 0.726. The summed E-state index contributed by atoms with van der Waals surface area (Å²) in [6, 6.07) is 11.7. The second-order valence-corrected chi connectivity index (χ2v) is 6.88. The van der Waals surface area contributed by atoms with Crippen molar-refractivity contribution in [3.63, 3.8) is 0 Å². The highest BCUT2D eigenvalue weighted by atomic mass is 32.2. The van der Waals surface area contributed by atoms with Gasteiger partial charge < -0.3 is 9.84 Å². The zero-order chi connectivity index (χ0) is 20.3. The number of rotatable bonds is 6. The normalized spacial score (nSPS) is 16.5. The largest absolute Gasteiger partial charge is 0.479 e. The molecule has 1 heterocycles. The third kappa shape index (κ3) is 4.07. The maximum atomic E-state index is 13.1. The van der Waals surface area contributed by atoms with Gasteiger partial charge in [0.05, 0.1) is 10.6 Å². The molecule has 0 aromatic heterocycles. The van der Waals surface area contributed by atoms with Crippen LogP contribution in [0.25, 0.3) is 6.08 Å². The number of para-hydroxylation sites is 1. The predicted octanol–water partition coefficient (Wildman–Crippen LogP) is 4.31. The number of amides is 2. The van der Waals surface area contributed by atoms with Crippen LogP contribution in [0, 0.1) is 5.82 Å². The summed E-state index contributed by atoms with van der Waals surface area (Å²) < 4.78 is 18.7. The molecule has 3 rings (SSSR count). The minimum absolute atomic E-state index is 0.161. The van der Waals surface area contributed by atoms with E-state index in [-0.39, 0.29) is 17.0 Å². The first-order valence-corrected chi connectivity index (χ1v) is 9.24. The number of hydrogen-bond donors (Lipinski definition) is 1. The number of nitrogens with zero attached hydrogens (tertiary/aromatic N) is 1. The van der Waals surface area contributed by atoms with Crippen LogP contribution in [0.2, 0.25) is 0 Å². The number of carbonyl (C=O) groups is 3. The number of anilines is 1. The Balaban J connectivity index is 1.90. The Morgan fingerprint density at radius 1 is 1.21 bits per heavy atom. The molecular formula is C20H16FNO5S. The molecule has 1 fully saturated rings. The Kier molecular flexibility index (Phi) is 5.79. The number of carboxylic acid groups (broad SMARTS) is 1.